The molecule has 0 amide bonds. The summed E-state index contributed by atoms with van der Waals surface area (Å²) in [5.74, 6) is 1.91. The van der Waals surface area contributed by atoms with Gasteiger partial charge < -0.3 is 4.74 Å². The SMILES string of the molecule is COc1ccc2c(c1)[C@@]1(C)CCC(=O)C[C@H]1CC2. The number of carbonyl (C=O) groups excluding carboxylic acids is 1. The van der Waals surface area contributed by atoms with Crippen LogP contribution in [0.3, 0.4) is 0 Å². The van der Waals surface area contributed by atoms with Gasteiger partial charge in [-0.3, -0.25) is 4.79 Å². The van der Waals surface area contributed by atoms with Crippen molar-refractivity contribution < 1.29 is 9.53 Å². The summed E-state index contributed by atoms with van der Waals surface area (Å²) in [6.07, 6.45) is 4.77. The number of rotatable bonds is 1. The Morgan fingerprint density at radius 3 is 2.94 bits per heavy atom. The molecule has 0 unspecified atom stereocenters. The molecule has 0 aromatic heterocycles. The van der Waals surface area contributed by atoms with Crippen LogP contribution < -0.4 is 4.74 Å². The van der Waals surface area contributed by atoms with E-state index in [1.165, 1.54) is 11.1 Å². The molecule has 0 bridgehead atoms. The van der Waals surface area contributed by atoms with Gasteiger partial charge >= 0.3 is 0 Å². The van der Waals surface area contributed by atoms with Gasteiger partial charge in [0.2, 0.25) is 0 Å². The first-order valence-electron chi connectivity index (χ1n) is 6.82. The third-order valence-electron chi connectivity index (χ3n) is 4.99. The fourth-order valence-electron chi connectivity index (χ4n) is 3.74. The van der Waals surface area contributed by atoms with Crippen molar-refractivity contribution in [2.75, 3.05) is 7.11 Å². The third kappa shape index (κ3) is 1.66. The average molecular weight is 244 g/mol. The van der Waals surface area contributed by atoms with Crippen molar-refractivity contribution in [2.24, 2.45) is 5.92 Å². The highest BCUT2D eigenvalue weighted by atomic mass is 16.5. The molecule has 0 heterocycles. The predicted molar refractivity (Wildman–Crippen MR) is 71.0 cm³/mol. The fourth-order valence-corrected chi connectivity index (χ4v) is 3.74. The molecule has 2 atom stereocenters. The van der Waals surface area contributed by atoms with E-state index in [-0.39, 0.29) is 5.41 Å². The van der Waals surface area contributed by atoms with Crippen LogP contribution in [0.4, 0.5) is 0 Å². The molecule has 0 saturated heterocycles. The lowest BCUT2D eigenvalue weighted by atomic mass is 9.58. The highest BCUT2D eigenvalue weighted by Crippen LogP contribution is 2.49. The second-order valence-electron chi connectivity index (χ2n) is 5.92. The number of hydrogen-bond acceptors (Lipinski definition) is 2. The van der Waals surface area contributed by atoms with E-state index < -0.39 is 0 Å². The molecule has 3 rings (SSSR count). The van der Waals surface area contributed by atoms with Gasteiger partial charge in [0.05, 0.1) is 7.11 Å². The number of aryl methyl sites for hydroxylation is 1. The Hall–Kier alpha value is -1.31. The summed E-state index contributed by atoms with van der Waals surface area (Å²) < 4.78 is 5.36. The number of ether oxygens (including phenoxy) is 1. The maximum absolute atomic E-state index is 11.7. The number of fused-ring (bicyclic) bond motifs is 3. The first kappa shape index (κ1) is 11.8. The minimum atomic E-state index is 0.177. The Morgan fingerprint density at radius 1 is 1.33 bits per heavy atom. The second kappa shape index (κ2) is 4.11. The molecule has 2 aliphatic rings. The first-order chi connectivity index (χ1) is 8.63. The van der Waals surface area contributed by atoms with Crippen molar-refractivity contribution in [1.82, 2.24) is 0 Å². The summed E-state index contributed by atoms with van der Waals surface area (Å²) in [6.45, 7) is 2.33. The van der Waals surface area contributed by atoms with Gasteiger partial charge in [-0.05, 0) is 53.9 Å². The lowest BCUT2D eigenvalue weighted by Crippen LogP contribution is -2.41. The molecule has 0 spiro atoms. The van der Waals surface area contributed by atoms with Crippen LogP contribution in [0, 0.1) is 5.92 Å². The van der Waals surface area contributed by atoms with Crippen LogP contribution >= 0.6 is 0 Å². The minimum Gasteiger partial charge on any atom is -0.497 e. The molecule has 96 valence electrons. The van der Waals surface area contributed by atoms with E-state index in [1.807, 2.05) is 0 Å². The Morgan fingerprint density at radius 2 is 2.17 bits per heavy atom. The van der Waals surface area contributed by atoms with Crippen LogP contribution in [0.25, 0.3) is 0 Å². The molecule has 2 heteroatoms. The zero-order chi connectivity index (χ0) is 12.8. The third-order valence-corrected chi connectivity index (χ3v) is 4.99. The van der Waals surface area contributed by atoms with Gasteiger partial charge in [0.1, 0.15) is 11.5 Å². The van der Waals surface area contributed by atoms with E-state index in [0.29, 0.717) is 11.7 Å². The first-order valence-corrected chi connectivity index (χ1v) is 6.82. The summed E-state index contributed by atoms with van der Waals surface area (Å²) in [5.41, 5.74) is 3.05. The Bertz CT molecular complexity index is 492. The van der Waals surface area contributed by atoms with Crippen molar-refractivity contribution >= 4 is 5.78 Å². The van der Waals surface area contributed by atoms with Crippen LogP contribution in [-0.2, 0) is 16.6 Å². The Kier molecular flexibility index (Phi) is 2.69. The molecule has 1 saturated carbocycles. The Balaban J connectivity index is 2.06. The standard InChI is InChI=1S/C16H20O2/c1-16-8-7-13(17)9-12(16)5-3-11-4-6-14(18-2)10-15(11)16/h4,6,10,12H,3,5,7-9H2,1-2H3/t12-,16+/m1/s1. The van der Waals surface area contributed by atoms with Gasteiger partial charge in [0.25, 0.3) is 0 Å². The highest BCUT2D eigenvalue weighted by molar-refractivity contribution is 5.80. The van der Waals surface area contributed by atoms with Crippen LogP contribution in [0.1, 0.15) is 43.7 Å². The van der Waals surface area contributed by atoms with Crippen molar-refractivity contribution in [3.63, 3.8) is 0 Å². The smallest absolute Gasteiger partial charge is 0.133 e. The zero-order valence-electron chi connectivity index (χ0n) is 11.2. The van der Waals surface area contributed by atoms with Crippen molar-refractivity contribution in [1.29, 1.82) is 0 Å². The van der Waals surface area contributed by atoms with Crippen LogP contribution in [-0.4, -0.2) is 12.9 Å². The predicted octanol–water partition coefficient (Wildman–Crippen LogP) is 3.27. The van der Waals surface area contributed by atoms with E-state index in [9.17, 15) is 4.79 Å². The number of carbonyl (C=O) groups is 1. The number of ketones is 1. The molecule has 2 nitrogen and oxygen atoms in total. The van der Waals surface area contributed by atoms with Crippen LogP contribution in [0.5, 0.6) is 5.75 Å². The summed E-state index contributed by atoms with van der Waals surface area (Å²) in [7, 11) is 1.72. The van der Waals surface area contributed by atoms with Crippen molar-refractivity contribution in [2.45, 2.75) is 44.4 Å². The Labute approximate surface area is 108 Å². The van der Waals surface area contributed by atoms with Gasteiger partial charge in [0, 0.05) is 12.8 Å². The molecular weight excluding hydrogens is 224 g/mol. The number of benzene rings is 1. The van der Waals surface area contributed by atoms with E-state index in [4.69, 9.17) is 4.74 Å². The quantitative estimate of drug-likeness (QED) is 0.758. The molecule has 0 N–H and O–H groups in total. The average Bonchev–Trinajstić information content (AvgIpc) is 2.39. The number of hydrogen-bond donors (Lipinski definition) is 0. The maximum atomic E-state index is 11.7. The number of Topliss-reactive ketones (excluding diaryl/α,β-unsaturated/α-hetero) is 1. The maximum Gasteiger partial charge on any atom is 0.133 e. The zero-order valence-corrected chi connectivity index (χ0v) is 11.2. The van der Waals surface area contributed by atoms with E-state index in [0.717, 1.165) is 37.9 Å². The molecule has 18 heavy (non-hydrogen) atoms. The van der Waals surface area contributed by atoms with Gasteiger partial charge in [0.15, 0.2) is 0 Å². The summed E-state index contributed by atoms with van der Waals surface area (Å²) in [5, 5.41) is 0. The fraction of sp³-hybridized carbons (Fsp3) is 0.562. The van der Waals surface area contributed by atoms with E-state index in [2.05, 4.69) is 25.1 Å². The molecule has 1 aromatic carbocycles. The summed E-state index contributed by atoms with van der Waals surface area (Å²) >= 11 is 0. The van der Waals surface area contributed by atoms with Crippen molar-refractivity contribution in [3.8, 4) is 5.75 Å². The molecule has 0 radical (unpaired) electrons. The normalized spacial score (nSPS) is 30.6. The molecule has 1 aromatic rings. The minimum absolute atomic E-state index is 0.177. The molecule has 2 aliphatic carbocycles. The lowest BCUT2D eigenvalue weighted by molar-refractivity contribution is -0.123. The lowest BCUT2D eigenvalue weighted by Gasteiger charge is -2.46. The second-order valence-corrected chi connectivity index (χ2v) is 5.92. The summed E-state index contributed by atoms with van der Waals surface area (Å²) in [6, 6.07) is 6.44. The molecular formula is C16H20O2. The largest absolute Gasteiger partial charge is 0.497 e. The van der Waals surface area contributed by atoms with Gasteiger partial charge in [-0.2, -0.15) is 0 Å². The van der Waals surface area contributed by atoms with Crippen molar-refractivity contribution in [3.05, 3.63) is 29.3 Å². The van der Waals surface area contributed by atoms with Crippen LogP contribution in [0.2, 0.25) is 0 Å². The molecule has 0 aliphatic heterocycles. The number of methoxy groups -OCH3 is 1. The summed E-state index contributed by atoms with van der Waals surface area (Å²) in [4.78, 5) is 11.7. The van der Waals surface area contributed by atoms with E-state index in [1.54, 1.807) is 7.11 Å². The topological polar surface area (TPSA) is 26.3 Å². The van der Waals surface area contributed by atoms with Gasteiger partial charge in [-0.15, -0.1) is 0 Å². The van der Waals surface area contributed by atoms with E-state index >= 15 is 0 Å². The van der Waals surface area contributed by atoms with Gasteiger partial charge in [-0.1, -0.05) is 13.0 Å². The van der Waals surface area contributed by atoms with Crippen LogP contribution in [0.15, 0.2) is 18.2 Å². The highest BCUT2D eigenvalue weighted by Gasteiger charge is 2.44. The van der Waals surface area contributed by atoms with Gasteiger partial charge in [-0.25, -0.2) is 0 Å². The molecule has 1 fully saturated rings. The monoisotopic (exact) mass is 244 g/mol.